The lowest BCUT2D eigenvalue weighted by Crippen LogP contribution is -2.26. The molecule has 0 radical (unpaired) electrons. The third-order valence-electron chi connectivity index (χ3n) is 4.87. The molecule has 4 rings (SSSR count). The molecule has 4 aromatic rings. The highest BCUT2D eigenvalue weighted by molar-refractivity contribution is 6.32. The highest BCUT2D eigenvalue weighted by Gasteiger charge is 2.30. The van der Waals surface area contributed by atoms with Gasteiger partial charge in [0.25, 0.3) is 11.5 Å². The van der Waals surface area contributed by atoms with Gasteiger partial charge in [-0.05, 0) is 48.5 Å². The highest BCUT2D eigenvalue weighted by Crippen LogP contribution is 2.30. The summed E-state index contributed by atoms with van der Waals surface area (Å²) < 4.78 is 44.5. The number of hydrogen-bond donors (Lipinski definition) is 1. The SMILES string of the molecule is COc1ccc(-n2nc(C(=O)Nc3ccc(C(F)(F)F)cc3)c3ccccc3c2=O)cc1Cl. The molecule has 0 spiro atoms. The van der Waals surface area contributed by atoms with Crippen LogP contribution >= 0.6 is 11.6 Å². The Labute approximate surface area is 190 Å². The first-order chi connectivity index (χ1) is 15.7. The fraction of sp³-hybridized carbons (Fsp3) is 0.0870. The number of alkyl halides is 3. The molecule has 0 atom stereocenters. The Morgan fingerprint density at radius 1 is 1.03 bits per heavy atom. The maximum Gasteiger partial charge on any atom is 0.416 e. The van der Waals surface area contributed by atoms with Crippen molar-refractivity contribution >= 4 is 34.0 Å². The summed E-state index contributed by atoms with van der Waals surface area (Å²) in [5, 5.41) is 7.53. The molecule has 33 heavy (non-hydrogen) atoms. The second-order valence-electron chi connectivity index (χ2n) is 6.96. The average molecular weight is 474 g/mol. The van der Waals surface area contributed by atoms with Gasteiger partial charge in [0, 0.05) is 11.1 Å². The van der Waals surface area contributed by atoms with Gasteiger partial charge in [-0.25, -0.2) is 0 Å². The van der Waals surface area contributed by atoms with Gasteiger partial charge in [-0.3, -0.25) is 9.59 Å². The number of carbonyl (C=O) groups excluding carboxylic acids is 1. The minimum Gasteiger partial charge on any atom is -0.495 e. The van der Waals surface area contributed by atoms with Crippen LogP contribution in [-0.4, -0.2) is 22.8 Å². The summed E-state index contributed by atoms with van der Waals surface area (Å²) in [6, 6.07) is 15.0. The highest BCUT2D eigenvalue weighted by atomic mass is 35.5. The van der Waals surface area contributed by atoms with E-state index >= 15 is 0 Å². The minimum atomic E-state index is -4.49. The Morgan fingerprint density at radius 2 is 1.70 bits per heavy atom. The van der Waals surface area contributed by atoms with Gasteiger partial charge in [0.1, 0.15) is 5.75 Å². The van der Waals surface area contributed by atoms with E-state index in [2.05, 4.69) is 10.4 Å². The van der Waals surface area contributed by atoms with Crippen molar-refractivity contribution in [1.29, 1.82) is 0 Å². The van der Waals surface area contributed by atoms with Crippen LogP contribution in [0.1, 0.15) is 16.1 Å². The van der Waals surface area contributed by atoms with Crippen LogP contribution in [0.3, 0.4) is 0 Å². The number of benzene rings is 3. The molecule has 10 heteroatoms. The van der Waals surface area contributed by atoms with E-state index in [1.54, 1.807) is 36.4 Å². The maximum atomic E-state index is 13.0. The minimum absolute atomic E-state index is 0.0861. The van der Waals surface area contributed by atoms with E-state index in [1.807, 2.05) is 0 Å². The van der Waals surface area contributed by atoms with Crippen molar-refractivity contribution in [3.05, 3.63) is 93.4 Å². The number of nitrogens with one attached hydrogen (secondary N) is 1. The first-order valence-corrected chi connectivity index (χ1v) is 9.91. The number of nitrogens with zero attached hydrogens (tertiary/aromatic N) is 2. The van der Waals surface area contributed by atoms with E-state index in [9.17, 15) is 22.8 Å². The molecule has 0 saturated heterocycles. The van der Waals surface area contributed by atoms with Crippen LogP contribution in [0.2, 0.25) is 5.02 Å². The molecule has 3 aromatic carbocycles. The monoisotopic (exact) mass is 473 g/mol. The smallest absolute Gasteiger partial charge is 0.416 e. The molecular formula is C23H15ClF3N3O3. The number of hydrogen-bond acceptors (Lipinski definition) is 4. The van der Waals surface area contributed by atoms with Gasteiger partial charge >= 0.3 is 6.18 Å². The van der Waals surface area contributed by atoms with Gasteiger partial charge in [0.2, 0.25) is 0 Å². The average Bonchev–Trinajstić information content (AvgIpc) is 2.79. The maximum absolute atomic E-state index is 13.0. The quantitative estimate of drug-likeness (QED) is 0.435. The van der Waals surface area contributed by atoms with Crippen molar-refractivity contribution in [1.82, 2.24) is 9.78 Å². The fourth-order valence-electron chi connectivity index (χ4n) is 3.25. The summed E-state index contributed by atoms with van der Waals surface area (Å²) in [4.78, 5) is 26.1. The second kappa shape index (κ2) is 8.59. The summed E-state index contributed by atoms with van der Waals surface area (Å²) in [7, 11) is 1.45. The summed E-state index contributed by atoms with van der Waals surface area (Å²) in [5.74, 6) is -0.297. The first kappa shape index (κ1) is 22.3. The molecule has 0 bridgehead atoms. The van der Waals surface area contributed by atoms with Gasteiger partial charge in [-0.15, -0.1) is 0 Å². The van der Waals surface area contributed by atoms with Crippen LogP contribution in [0.5, 0.6) is 5.75 Å². The molecule has 168 valence electrons. The molecule has 0 fully saturated rings. The lowest BCUT2D eigenvalue weighted by molar-refractivity contribution is -0.137. The molecule has 0 unspecified atom stereocenters. The fourth-order valence-corrected chi connectivity index (χ4v) is 3.50. The summed E-state index contributed by atoms with van der Waals surface area (Å²) in [6.07, 6.45) is -4.49. The topological polar surface area (TPSA) is 73.2 Å². The van der Waals surface area contributed by atoms with Crippen LogP contribution in [0.15, 0.2) is 71.5 Å². The zero-order valence-corrected chi connectivity index (χ0v) is 17.7. The number of methoxy groups -OCH3 is 1. The Morgan fingerprint density at radius 3 is 2.30 bits per heavy atom. The molecular weight excluding hydrogens is 459 g/mol. The predicted octanol–water partition coefficient (Wildman–Crippen LogP) is 5.32. The van der Waals surface area contributed by atoms with Crippen LogP contribution < -0.4 is 15.6 Å². The first-order valence-electron chi connectivity index (χ1n) is 9.53. The number of ether oxygens (including phenoxy) is 1. The van der Waals surface area contributed by atoms with Crippen molar-refractivity contribution in [2.75, 3.05) is 12.4 Å². The molecule has 6 nitrogen and oxygen atoms in total. The van der Waals surface area contributed by atoms with E-state index in [4.69, 9.17) is 16.3 Å². The zero-order valence-electron chi connectivity index (χ0n) is 17.0. The van der Waals surface area contributed by atoms with Crippen molar-refractivity contribution in [3.63, 3.8) is 0 Å². The molecule has 0 aliphatic carbocycles. The number of aromatic nitrogens is 2. The Bertz CT molecular complexity index is 1420. The Kier molecular flexibility index (Phi) is 5.82. The van der Waals surface area contributed by atoms with Gasteiger partial charge in [0.15, 0.2) is 5.69 Å². The lowest BCUT2D eigenvalue weighted by atomic mass is 10.1. The molecule has 1 aromatic heterocycles. The number of carbonyl (C=O) groups is 1. The molecule has 1 amide bonds. The van der Waals surface area contributed by atoms with Crippen molar-refractivity contribution < 1.29 is 22.7 Å². The molecule has 0 aliphatic rings. The van der Waals surface area contributed by atoms with Gasteiger partial charge < -0.3 is 10.1 Å². The molecule has 1 N–H and O–H groups in total. The number of halogens is 4. The van der Waals surface area contributed by atoms with Crippen LogP contribution in [0.4, 0.5) is 18.9 Å². The predicted molar refractivity (Wildman–Crippen MR) is 118 cm³/mol. The third kappa shape index (κ3) is 4.40. The molecule has 0 saturated carbocycles. The van der Waals surface area contributed by atoms with E-state index in [1.165, 1.54) is 13.2 Å². The van der Waals surface area contributed by atoms with Gasteiger partial charge in [-0.2, -0.15) is 23.0 Å². The van der Waals surface area contributed by atoms with Crippen LogP contribution in [0, 0.1) is 0 Å². The van der Waals surface area contributed by atoms with Gasteiger partial charge in [0.05, 0.1) is 28.8 Å². The molecule has 0 aliphatic heterocycles. The summed E-state index contributed by atoms with van der Waals surface area (Å²) >= 11 is 6.18. The standard InChI is InChI=1S/C23H15ClF3N3O3/c1-33-19-11-10-15(12-18(19)24)30-22(32)17-5-3-2-4-16(17)20(29-30)21(31)28-14-8-6-13(7-9-14)23(25,26)27/h2-12H,1H3,(H,28,31). The van der Waals surface area contributed by atoms with E-state index in [0.717, 1.165) is 28.9 Å². The normalized spacial score (nSPS) is 11.4. The van der Waals surface area contributed by atoms with Crippen molar-refractivity contribution in [3.8, 4) is 11.4 Å². The van der Waals surface area contributed by atoms with E-state index in [0.29, 0.717) is 16.8 Å². The number of amides is 1. The largest absolute Gasteiger partial charge is 0.495 e. The number of fused-ring (bicyclic) bond motifs is 1. The number of rotatable bonds is 4. The van der Waals surface area contributed by atoms with E-state index < -0.39 is 23.2 Å². The van der Waals surface area contributed by atoms with E-state index in [-0.39, 0.29) is 21.8 Å². The number of anilines is 1. The van der Waals surface area contributed by atoms with Crippen LogP contribution in [0.25, 0.3) is 16.5 Å². The molecule has 1 heterocycles. The van der Waals surface area contributed by atoms with Crippen LogP contribution in [-0.2, 0) is 6.18 Å². The second-order valence-corrected chi connectivity index (χ2v) is 7.37. The van der Waals surface area contributed by atoms with Crippen molar-refractivity contribution in [2.45, 2.75) is 6.18 Å². The Hall–Kier alpha value is -3.85. The van der Waals surface area contributed by atoms with Gasteiger partial charge in [-0.1, -0.05) is 29.8 Å². The lowest BCUT2D eigenvalue weighted by Gasteiger charge is -2.13. The summed E-state index contributed by atoms with van der Waals surface area (Å²) in [5.41, 5.74) is -0.951. The third-order valence-corrected chi connectivity index (χ3v) is 5.17. The summed E-state index contributed by atoms with van der Waals surface area (Å²) in [6.45, 7) is 0. The zero-order chi connectivity index (χ0) is 23.8. The Balaban J connectivity index is 1.79. The van der Waals surface area contributed by atoms with Crippen molar-refractivity contribution in [2.24, 2.45) is 0 Å².